The van der Waals surface area contributed by atoms with Gasteiger partial charge in [-0.25, -0.2) is 0 Å². The molecule has 0 aliphatic rings. The summed E-state index contributed by atoms with van der Waals surface area (Å²) in [7, 11) is 0. The van der Waals surface area contributed by atoms with Gasteiger partial charge in [0.2, 0.25) is 0 Å². The minimum atomic E-state index is -0.358. The maximum absolute atomic E-state index is 10.9. The highest BCUT2D eigenvalue weighted by Crippen LogP contribution is 2.16. The average molecular weight is 290 g/mol. The van der Waals surface area contributed by atoms with Crippen LogP contribution in [0.25, 0.3) is 0 Å². The van der Waals surface area contributed by atoms with E-state index in [2.05, 4.69) is 5.32 Å². The average Bonchev–Trinajstić information content (AvgIpc) is 3.00. The van der Waals surface area contributed by atoms with Gasteiger partial charge in [0.05, 0.1) is 11.2 Å². The van der Waals surface area contributed by atoms with Crippen molar-refractivity contribution in [2.75, 3.05) is 13.2 Å². The molecular weight excluding hydrogens is 272 g/mol. The summed E-state index contributed by atoms with van der Waals surface area (Å²) in [6.07, 6.45) is 2.45. The van der Waals surface area contributed by atoms with E-state index < -0.39 is 0 Å². The van der Waals surface area contributed by atoms with Crippen LogP contribution in [0, 0.1) is 10.1 Å². The number of nitro groups is 1. The van der Waals surface area contributed by atoms with Crippen LogP contribution in [0.1, 0.15) is 17.7 Å². The Hall–Kier alpha value is -2.18. The molecule has 0 atom stereocenters. The predicted molar refractivity (Wildman–Crippen MR) is 77.8 cm³/mol. The monoisotopic (exact) mass is 290 g/mol. The molecule has 1 N–H and O–H groups in total. The first-order chi connectivity index (χ1) is 10.3. The summed E-state index contributed by atoms with van der Waals surface area (Å²) >= 11 is 0. The van der Waals surface area contributed by atoms with Gasteiger partial charge in [-0.1, -0.05) is 18.2 Å². The number of rotatable bonds is 9. The molecule has 1 heterocycles. The van der Waals surface area contributed by atoms with E-state index in [0.717, 1.165) is 18.7 Å². The molecule has 0 saturated heterocycles. The third-order valence-corrected chi connectivity index (χ3v) is 2.97. The molecule has 112 valence electrons. The Morgan fingerprint density at radius 2 is 2.10 bits per heavy atom. The smallest absolute Gasteiger partial charge is 0.273 e. The second-order valence-corrected chi connectivity index (χ2v) is 4.55. The maximum atomic E-state index is 10.9. The van der Waals surface area contributed by atoms with Crippen molar-refractivity contribution in [3.8, 4) is 0 Å². The van der Waals surface area contributed by atoms with Crippen LogP contribution in [-0.2, 0) is 17.9 Å². The van der Waals surface area contributed by atoms with Crippen LogP contribution in [0.15, 0.2) is 47.1 Å². The lowest BCUT2D eigenvalue weighted by molar-refractivity contribution is -0.385. The molecule has 6 heteroatoms. The number of ether oxygens (including phenoxy) is 1. The number of hydrogen-bond acceptors (Lipinski definition) is 5. The van der Waals surface area contributed by atoms with E-state index in [1.54, 1.807) is 24.5 Å². The van der Waals surface area contributed by atoms with Gasteiger partial charge in [0.15, 0.2) is 0 Å². The van der Waals surface area contributed by atoms with Crippen LogP contribution >= 0.6 is 0 Å². The molecule has 0 fully saturated rings. The van der Waals surface area contributed by atoms with Crippen LogP contribution in [0.4, 0.5) is 5.69 Å². The van der Waals surface area contributed by atoms with Crippen molar-refractivity contribution in [1.29, 1.82) is 0 Å². The van der Waals surface area contributed by atoms with Gasteiger partial charge in [-0.3, -0.25) is 10.1 Å². The van der Waals surface area contributed by atoms with Crippen molar-refractivity contribution in [3.05, 3.63) is 64.1 Å². The molecule has 6 nitrogen and oxygen atoms in total. The Balaban J connectivity index is 1.60. The van der Waals surface area contributed by atoms with E-state index in [0.29, 0.717) is 25.3 Å². The summed E-state index contributed by atoms with van der Waals surface area (Å²) in [5.74, 6) is 0.808. The molecule has 0 aliphatic carbocycles. The highest BCUT2D eigenvalue weighted by atomic mass is 16.6. The second-order valence-electron chi connectivity index (χ2n) is 4.55. The van der Waals surface area contributed by atoms with Crippen molar-refractivity contribution >= 4 is 5.69 Å². The molecule has 1 aromatic heterocycles. The summed E-state index contributed by atoms with van der Waals surface area (Å²) in [5, 5.41) is 14.0. The zero-order valence-corrected chi connectivity index (χ0v) is 11.7. The Kier molecular flexibility index (Phi) is 5.93. The minimum Gasteiger partial charge on any atom is -0.467 e. The molecule has 0 bridgehead atoms. The number of hydrogen-bond donors (Lipinski definition) is 1. The predicted octanol–water partition coefficient (Wildman–Crippen LogP) is 2.88. The fourth-order valence-corrected chi connectivity index (χ4v) is 1.93. The van der Waals surface area contributed by atoms with Crippen LogP contribution in [0.2, 0.25) is 0 Å². The number of nitrogens with one attached hydrogen (secondary N) is 1. The van der Waals surface area contributed by atoms with Gasteiger partial charge < -0.3 is 14.5 Å². The van der Waals surface area contributed by atoms with Gasteiger partial charge in [0.1, 0.15) is 12.4 Å². The summed E-state index contributed by atoms with van der Waals surface area (Å²) in [6, 6.07) is 10.4. The van der Waals surface area contributed by atoms with Gasteiger partial charge in [0.25, 0.3) is 5.69 Å². The lowest BCUT2D eigenvalue weighted by Gasteiger charge is -2.06. The SMILES string of the molecule is O=[N+]([O-])c1ccccc1CNCCCOCc1ccco1. The molecule has 0 amide bonds. The largest absolute Gasteiger partial charge is 0.467 e. The fraction of sp³-hybridized carbons (Fsp3) is 0.333. The van der Waals surface area contributed by atoms with E-state index in [9.17, 15) is 10.1 Å². The summed E-state index contributed by atoms with van der Waals surface area (Å²) in [5.41, 5.74) is 0.845. The van der Waals surface area contributed by atoms with E-state index in [1.807, 2.05) is 12.1 Å². The fourth-order valence-electron chi connectivity index (χ4n) is 1.93. The Morgan fingerprint density at radius 1 is 1.24 bits per heavy atom. The standard InChI is InChI=1S/C15H18N2O4/c18-17(19)15-7-2-1-5-13(15)11-16-8-4-9-20-12-14-6-3-10-21-14/h1-3,5-7,10,16H,4,8-9,11-12H2. The van der Waals surface area contributed by atoms with Gasteiger partial charge >= 0.3 is 0 Å². The first kappa shape index (κ1) is 15.2. The van der Waals surface area contributed by atoms with Crippen molar-refractivity contribution < 1.29 is 14.1 Å². The van der Waals surface area contributed by atoms with E-state index in [4.69, 9.17) is 9.15 Å². The lowest BCUT2D eigenvalue weighted by atomic mass is 10.2. The molecule has 0 radical (unpaired) electrons. The summed E-state index contributed by atoms with van der Waals surface area (Å²) < 4.78 is 10.6. The normalized spacial score (nSPS) is 10.7. The van der Waals surface area contributed by atoms with Crippen molar-refractivity contribution in [3.63, 3.8) is 0 Å². The van der Waals surface area contributed by atoms with E-state index in [1.165, 1.54) is 6.07 Å². The van der Waals surface area contributed by atoms with Gasteiger partial charge in [0, 0.05) is 24.8 Å². The molecule has 1 aromatic carbocycles. The molecule has 0 spiro atoms. The topological polar surface area (TPSA) is 77.5 Å². The van der Waals surface area contributed by atoms with Crippen LogP contribution in [0.5, 0.6) is 0 Å². The van der Waals surface area contributed by atoms with Crippen LogP contribution in [-0.4, -0.2) is 18.1 Å². The Bertz CT molecular complexity index is 555. The van der Waals surface area contributed by atoms with E-state index >= 15 is 0 Å². The van der Waals surface area contributed by atoms with Crippen LogP contribution < -0.4 is 5.32 Å². The Morgan fingerprint density at radius 3 is 2.86 bits per heavy atom. The first-order valence-corrected chi connectivity index (χ1v) is 6.80. The van der Waals surface area contributed by atoms with Crippen molar-refractivity contribution in [1.82, 2.24) is 5.32 Å². The number of nitrogens with zero attached hydrogens (tertiary/aromatic N) is 1. The van der Waals surface area contributed by atoms with Gasteiger partial charge in [-0.05, 0) is 25.1 Å². The molecule has 21 heavy (non-hydrogen) atoms. The highest BCUT2D eigenvalue weighted by molar-refractivity contribution is 5.39. The second kappa shape index (κ2) is 8.18. The zero-order chi connectivity index (χ0) is 14.9. The molecule has 0 saturated carbocycles. The van der Waals surface area contributed by atoms with Gasteiger partial charge in [-0.2, -0.15) is 0 Å². The summed E-state index contributed by atoms with van der Waals surface area (Å²) in [4.78, 5) is 10.5. The highest BCUT2D eigenvalue weighted by Gasteiger charge is 2.10. The lowest BCUT2D eigenvalue weighted by Crippen LogP contribution is -2.17. The molecule has 0 unspecified atom stereocenters. The van der Waals surface area contributed by atoms with Crippen LogP contribution in [0.3, 0.4) is 0 Å². The van der Waals surface area contributed by atoms with E-state index in [-0.39, 0.29) is 10.6 Å². The first-order valence-electron chi connectivity index (χ1n) is 6.80. The number of para-hydroxylation sites is 1. The number of furan rings is 1. The summed E-state index contributed by atoms with van der Waals surface area (Å²) in [6.45, 7) is 2.31. The minimum absolute atomic E-state index is 0.152. The number of nitro benzene ring substituents is 1. The van der Waals surface area contributed by atoms with Gasteiger partial charge in [-0.15, -0.1) is 0 Å². The molecule has 0 aliphatic heterocycles. The third-order valence-electron chi connectivity index (χ3n) is 2.97. The molecule has 2 aromatic rings. The quantitative estimate of drug-likeness (QED) is 0.436. The Labute approximate surface area is 122 Å². The maximum Gasteiger partial charge on any atom is 0.273 e. The zero-order valence-electron chi connectivity index (χ0n) is 11.7. The van der Waals surface area contributed by atoms with Crippen molar-refractivity contribution in [2.24, 2.45) is 0 Å². The molecular formula is C15H18N2O4. The van der Waals surface area contributed by atoms with Crippen molar-refractivity contribution in [2.45, 2.75) is 19.6 Å². The third kappa shape index (κ3) is 5.02. The number of benzene rings is 1. The molecule has 2 rings (SSSR count).